The van der Waals surface area contributed by atoms with Gasteiger partial charge in [0.05, 0.1) is 3.79 Å². The van der Waals surface area contributed by atoms with Gasteiger partial charge in [-0.15, -0.1) is 11.3 Å². The van der Waals surface area contributed by atoms with E-state index in [9.17, 15) is 0 Å². The molecule has 1 saturated carbocycles. The highest BCUT2D eigenvalue weighted by atomic mass is 79.9. The van der Waals surface area contributed by atoms with Crippen molar-refractivity contribution in [3.63, 3.8) is 0 Å². The van der Waals surface area contributed by atoms with Crippen LogP contribution in [0, 0.1) is 5.41 Å². The van der Waals surface area contributed by atoms with Crippen molar-refractivity contribution >= 4 is 44.2 Å². The van der Waals surface area contributed by atoms with E-state index in [0.717, 1.165) is 24.7 Å². The van der Waals surface area contributed by atoms with E-state index in [1.165, 1.54) is 40.1 Å². The monoisotopic (exact) mass is 358 g/mol. The minimum atomic E-state index is 0.550. The smallest absolute Gasteiger partial charge is 0.156 e. The maximum atomic E-state index is 4.76. The summed E-state index contributed by atoms with van der Waals surface area (Å²) in [7, 11) is 0. The third kappa shape index (κ3) is 3.56. The number of thioether (sulfide) groups is 1. The summed E-state index contributed by atoms with van der Waals surface area (Å²) in [5.41, 5.74) is 0.550. The lowest BCUT2D eigenvalue weighted by Crippen LogP contribution is -2.34. The summed E-state index contributed by atoms with van der Waals surface area (Å²) in [6.45, 7) is 2.04. The molecule has 1 spiro atoms. The number of thiophene rings is 1. The Balaban J connectivity index is 1.45. The van der Waals surface area contributed by atoms with Gasteiger partial charge in [0, 0.05) is 23.7 Å². The van der Waals surface area contributed by atoms with E-state index in [2.05, 4.69) is 33.4 Å². The van der Waals surface area contributed by atoms with Crippen LogP contribution in [0.5, 0.6) is 0 Å². The second-order valence-corrected chi connectivity index (χ2v) is 9.01. The molecule has 2 heterocycles. The van der Waals surface area contributed by atoms with Crippen molar-refractivity contribution in [1.29, 1.82) is 0 Å². The van der Waals surface area contributed by atoms with Crippen molar-refractivity contribution in [3.05, 3.63) is 20.8 Å². The zero-order chi connectivity index (χ0) is 13.1. The molecule has 5 heteroatoms. The number of hydrogen-bond donors (Lipinski definition) is 1. The summed E-state index contributed by atoms with van der Waals surface area (Å²) in [4.78, 5) is 6.19. The molecule has 1 aromatic heterocycles. The van der Waals surface area contributed by atoms with Gasteiger partial charge in [-0.25, -0.2) is 0 Å². The van der Waals surface area contributed by atoms with Crippen LogP contribution in [-0.2, 0) is 6.42 Å². The SMILES string of the molecule is Brc1ccc(CCNC2=NCC3(CCCC3)CS2)s1. The second-order valence-electron chi connectivity index (χ2n) is 5.50. The Morgan fingerprint density at radius 1 is 1.32 bits per heavy atom. The highest BCUT2D eigenvalue weighted by Crippen LogP contribution is 2.43. The van der Waals surface area contributed by atoms with E-state index in [1.54, 1.807) is 0 Å². The predicted molar refractivity (Wildman–Crippen MR) is 89.4 cm³/mol. The first kappa shape index (κ1) is 14.0. The molecule has 2 nitrogen and oxygen atoms in total. The molecule has 1 N–H and O–H groups in total. The summed E-state index contributed by atoms with van der Waals surface area (Å²) >= 11 is 7.26. The molecule has 1 fully saturated rings. The fourth-order valence-corrected chi connectivity index (χ4v) is 5.53. The van der Waals surface area contributed by atoms with Crippen molar-refractivity contribution < 1.29 is 0 Å². The summed E-state index contributed by atoms with van der Waals surface area (Å²) < 4.78 is 1.22. The van der Waals surface area contributed by atoms with Gasteiger partial charge >= 0.3 is 0 Å². The summed E-state index contributed by atoms with van der Waals surface area (Å²) in [6, 6.07) is 4.32. The summed E-state index contributed by atoms with van der Waals surface area (Å²) in [5, 5.41) is 4.65. The predicted octanol–water partition coefficient (Wildman–Crippen LogP) is 4.31. The average Bonchev–Trinajstić information content (AvgIpc) is 3.02. The van der Waals surface area contributed by atoms with Crippen LogP contribution in [0.15, 0.2) is 20.9 Å². The molecule has 0 bridgehead atoms. The van der Waals surface area contributed by atoms with Crippen LogP contribution in [0.3, 0.4) is 0 Å². The molecule has 0 saturated heterocycles. The van der Waals surface area contributed by atoms with Gasteiger partial charge < -0.3 is 5.32 Å². The van der Waals surface area contributed by atoms with Crippen molar-refractivity contribution in [2.45, 2.75) is 32.1 Å². The van der Waals surface area contributed by atoms with E-state index in [4.69, 9.17) is 4.99 Å². The van der Waals surface area contributed by atoms with Crippen molar-refractivity contribution in [2.75, 3.05) is 18.8 Å². The third-order valence-electron chi connectivity index (χ3n) is 4.01. The summed E-state index contributed by atoms with van der Waals surface area (Å²) in [5.74, 6) is 1.27. The topological polar surface area (TPSA) is 24.4 Å². The van der Waals surface area contributed by atoms with Crippen LogP contribution < -0.4 is 5.32 Å². The standard InChI is InChI=1S/C14H19BrN2S2/c15-12-4-3-11(19-12)5-8-16-13-17-9-14(10-18-13)6-1-2-7-14/h3-4H,1-2,5-10H2,(H,16,17). The zero-order valence-corrected chi connectivity index (χ0v) is 14.2. The van der Waals surface area contributed by atoms with Crippen LogP contribution in [-0.4, -0.2) is 24.0 Å². The van der Waals surface area contributed by atoms with Gasteiger partial charge in [-0.05, 0) is 52.7 Å². The van der Waals surface area contributed by atoms with E-state index < -0.39 is 0 Å². The molecule has 104 valence electrons. The lowest BCUT2D eigenvalue weighted by molar-refractivity contribution is 0.358. The minimum absolute atomic E-state index is 0.550. The van der Waals surface area contributed by atoms with Gasteiger partial charge in [-0.1, -0.05) is 24.6 Å². The molecule has 1 aliphatic heterocycles. The average molecular weight is 359 g/mol. The van der Waals surface area contributed by atoms with Gasteiger partial charge in [0.2, 0.25) is 0 Å². The van der Waals surface area contributed by atoms with E-state index in [1.807, 2.05) is 23.1 Å². The minimum Gasteiger partial charge on any atom is -0.365 e. The molecule has 0 atom stereocenters. The number of rotatable bonds is 3. The molecule has 0 unspecified atom stereocenters. The quantitative estimate of drug-likeness (QED) is 0.870. The molecule has 0 amide bonds. The molecule has 0 aromatic carbocycles. The molecule has 2 aliphatic rings. The molecule has 1 aliphatic carbocycles. The van der Waals surface area contributed by atoms with Crippen molar-refractivity contribution in [2.24, 2.45) is 10.4 Å². The van der Waals surface area contributed by atoms with Crippen molar-refractivity contribution in [1.82, 2.24) is 5.32 Å². The molecular weight excluding hydrogens is 340 g/mol. The van der Waals surface area contributed by atoms with Crippen LogP contribution in [0.2, 0.25) is 0 Å². The van der Waals surface area contributed by atoms with Gasteiger partial charge in [0.1, 0.15) is 0 Å². The lowest BCUT2D eigenvalue weighted by atomic mass is 9.89. The van der Waals surface area contributed by atoms with E-state index in [-0.39, 0.29) is 0 Å². The first-order chi connectivity index (χ1) is 9.26. The Kier molecular flexibility index (Phi) is 4.54. The van der Waals surface area contributed by atoms with Gasteiger partial charge in [-0.3, -0.25) is 4.99 Å². The van der Waals surface area contributed by atoms with Crippen LogP contribution in [0.1, 0.15) is 30.6 Å². The Bertz CT molecular complexity index is 464. The van der Waals surface area contributed by atoms with Gasteiger partial charge in [-0.2, -0.15) is 0 Å². The molecule has 19 heavy (non-hydrogen) atoms. The van der Waals surface area contributed by atoms with Gasteiger partial charge in [0.25, 0.3) is 0 Å². The largest absolute Gasteiger partial charge is 0.365 e. The number of amidine groups is 1. The first-order valence-corrected chi connectivity index (χ1v) is 9.51. The maximum Gasteiger partial charge on any atom is 0.156 e. The number of halogens is 1. The Morgan fingerprint density at radius 2 is 2.16 bits per heavy atom. The third-order valence-corrected chi connectivity index (χ3v) is 7.00. The number of hydrogen-bond acceptors (Lipinski definition) is 4. The molecule has 1 aromatic rings. The maximum absolute atomic E-state index is 4.76. The van der Waals surface area contributed by atoms with Gasteiger partial charge in [0.15, 0.2) is 5.17 Å². The molecule has 3 rings (SSSR count). The first-order valence-electron chi connectivity index (χ1n) is 6.91. The summed E-state index contributed by atoms with van der Waals surface area (Å²) in [6.07, 6.45) is 6.68. The normalized spacial score (nSPS) is 21.6. The van der Waals surface area contributed by atoms with Crippen LogP contribution >= 0.6 is 39.0 Å². The van der Waals surface area contributed by atoms with E-state index >= 15 is 0 Å². The second kappa shape index (κ2) is 6.19. The molecular formula is C14H19BrN2S2. The Hall–Kier alpha value is -0.0000000000000000833. The highest BCUT2D eigenvalue weighted by molar-refractivity contribution is 9.11. The fourth-order valence-electron chi connectivity index (χ4n) is 2.87. The Labute approximate surface area is 131 Å². The van der Waals surface area contributed by atoms with Crippen molar-refractivity contribution in [3.8, 4) is 0 Å². The molecule has 0 radical (unpaired) electrons. The highest BCUT2D eigenvalue weighted by Gasteiger charge is 2.36. The number of nitrogens with zero attached hydrogens (tertiary/aromatic N) is 1. The number of aliphatic imine (C=N–C) groups is 1. The fraction of sp³-hybridized carbons (Fsp3) is 0.643. The Morgan fingerprint density at radius 3 is 2.79 bits per heavy atom. The lowest BCUT2D eigenvalue weighted by Gasteiger charge is -2.31. The van der Waals surface area contributed by atoms with E-state index in [0.29, 0.717) is 5.41 Å². The zero-order valence-electron chi connectivity index (χ0n) is 11.0. The van der Waals surface area contributed by atoms with Crippen LogP contribution in [0.25, 0.3) is 0 Å². The number of nitrogens with one attached hydrogen (secondary N) is 1. The van der Waals surface area contributed by atoms with Crippen LogP contribution in [0.4, 0.5) is 0 Å².